The molecule has 0 aliphatic heterocycles. The smallest absolute Gasteiger partial charge is 0.234 e. The Labute approximate surface area is 163 Å². The molecule has 2 N–H and O–H groups in total. The number of H-pyrrole nitrogens is 1. The summed E-state index contributed by atoms with van der Waals surface area (Å²) in [7, 11) is 0. The van der Waals surface area contributed by atoms with Crippen molar-refractivity contribution in [2.75, 3.05) is 11.1 Å². The van der Waals surface area contributed by atoms with Crippen LogP contribution >= 0.6 is 23.4 Å². The van der Waals surface area contributed by atoms with Crippen molar-refractivity contribution < 1.29 is 9.18 Å². The molecule has 2 aromatic heterocycles. The number of nitrogens with one attached hydrogen (secondary N) is 2. The predicted molar refractivity (Wildman–Crippen MR) is 107 cm³/mol. The molecule has 0 radical (unpaired) electrons. The van der Waals surface area contributed by atoms with E-state index < -0.39 is 5.82 Å². The van der Waals surface area contributed by atoms with Crippen LogP contribution in [0.25, 0.3) is 21.9 Å². The van der Waals surface area contributed by atoms with Crippen molar-refractivity contribution >= 4 is 56.9 Å². The van der Waals surface area contributed by atoms with Gasteiger partial charge in [0.05, 0.1) is 16.3 Å². The highest BCUT2D eigenvalue weighted by Crippen LogP contribution is 2.30. The van der Waals surface area contributed by atoms with Crippen LogP contribution in [0, 0.1) is 12.7 Å². The minimum absolute atomic E-state index is 0.0358. The largest absolute Gasteiger partial charge is 0.351 e. The summed E-state index contributed by atoms with van der Waals surface area (Å²) < 4.78 is 13.2. The van der Waals surface area contributed by atoms with Crippen molar-refractivity contribution in [3.63, 3.8) is 0 Å². The van der Waals surface area contributed by atoms with Crippen molar-refractivity contribution in [1.29, 1.82) is 0 Å². The zero-order valence-corrected chi connectivity index (χ0v) is 15.8. The van der Waals surface area contributed by atoms with Crippen molar-refractivity contribution in [2.24, 2.45) is 0 Å². The Balaban J connectivity index is 1.54. The fourth-order valence-electron chi connectivity index (χ4n) is 2.80. The summed E-state index contributed by atoms with van der Waals surface area (Å²) in [4.78, 5) is 24.2. The molecule has 2 aromatic carbocycles. The molecule has 4 aromatic rings. The highest BCUT2D eigenvalue weighted by Gasteiger charge is 2.13. The molecule has 5 nitrogen and oxygen atoms in total. The van der Waals surface area contributed by atoms with Crippen molar-refractivity contribution in [3.05, 3.63) is 59.1 Å². The van der Waals surface area contributed by atoms with Crippen LogP contribution in [0.5, 0.6) is 0 Å². The molecule has 0 atom stereocenters. The van der Waals surface area contributed by atoms with Crippen LogP contribution in [0.2, 0.25) is 5.02 Å². The Kier molecular flexibility index (Phi) is 4.72. The molecular weight excluding hydrogens is 387 g/mol. The zero-order chi connectivity index (χ0) is 19.0. The average molecular weight is 401 g/mol. The number of aromatic amines is 1. The highest BCUT2D eigenvalue weighted by atomic mass is 35.5. The number of aromatic nitrogens is 3. The number of halogens is 2. The van der Waals surface area contributed by atoms with Gasteiger partial charge in [-0.15, -0.1) is 0 Å². The minimum Gasteiger partial charge on any atom is -0.351 e. The quantitative estimate of drug-likeness (QED) is 0.376. The number of hydrogen-bond acceptors (Lipinski definition) is 4. The molecule has 0 spiro atoms. The second-order valence-corrected chi connectivity index (χ2v) is 7.41. The maximum atomic E-state index is 13.2. The first-order valence-electron chi connectivity index (χ1n) is 8.12. The van der Waals surface area contributed by atoms with E-state index in [1.807, 2.05) is 19.1 Å². The number of thioether (sulfide) groups is 1. The Morgan fingerprint density at radius 1 is 1.26 bits per heavy atom. The molecule has 4 rings (SSSR count). The number of aryl methyl sites for hydroxylation is 1. The second kappa shape index (κ2) is 7.17. The van der Waals surface area contributed by atoms with Crippen molar-refractivity contribution in [1.82, 2.24) is 15.0 Å². The summed E-state index contributed by atoms with van der Waals surface area (Å²) >= 11 is 7.04. The van der Waals surface area contributed by atoms with E-state index >= 15 is 0 Å². The number of amides is 1. The lowest BCUT2D eigenvalue weighted by atomic mass is 10.2. The van der Waals surface area contributed by atoms with E-state index in [1.54, 1.807) is 0 Å². The maximum Gasteiger partial charge on any atom is 0.234 e. The van der Waals surface area contributed by atoms with Crippen LogP contribution in [0.1, 0.15) is 5.56 Å². The summed E-state index contributed by atoms with van der Waals surface area (Å²) in [6, 6.07) is 10.2. The van der Waals surface area contributed by atoms with E-state index in [4.69, 9.17) is 11.6 Å². The maximum absolute atomic E-state index is 13.2. The number of nitrogens with zero attached hydrogens (tertiary/aromatic N) is 2. The molecule has 136 valence electrons. The summed E-state index contributed by atoms with van der Waals surface area (Å²) in [6.45, 7) is 2.03. The van der Waals surface area contributed by atoms with Crippen LogP contribution in [0.3, 0.4) is 0 Å². The fourth-order valence-corrected chi connectivity index (χ4v) is 3.73. The molecule has 8 heteroatoms. The Hall–Kier alpha value is -2.64. The molecule has 0 aliphatic carbocycles. The van der Waals surface area contributed by atoms with Gasteiger partial charge in [0.15, 0.2) is 0 Å². The first kappa shape index (κ1) is 17.8. The molecule has 2 heterocycles. The van der Waals surface area contributed by atoms with Crippen LogP contribution in [0.4, 0.5) is 10.1 Å². The van der Waals surface area contributed by atoms with Gasteiger partial charge in [-0.05, 0) is 37.3 Å². The summed E-state index contributed by atoms with van der Waals surface area (Å²) in [6.07, 6.45) is 1.50. The Bertz CT molecular complexity index is 1180. The lowest BCUT2D eigenvalue weighted by Crippen LogP contribution is -2.14. The standard InChI is InChI=1S/C19H14ClFN4OS/c1-10-2-5-15-12(6-10)17-18(25-15)19(23-9-22-17)27-8-16(26)24-11-3-4-14(21)13(20)7-11/h2-7,9,25H,8H2,1H3,(H,24,26). The van der Waals surface area contributed by atoms with Crippen LogP contribution < -0.4 is 5.32 Å². The van der Waals surface area contributed by atoms with Gasteiger partial charge in [-0.2, -0.15) is 0 Å². The first-order valence-corrected chi connectivity index (χ1v) is 9.48. The molecule has 0 saturated heterocycles. The van der Waals surface area contributed by atoms with E-state index in [-0.39, 0.29) is 16.7 Å². The third-order valence-electron chi connectivity index (χ3n) is 4.05. The summed E-state index contributed by atoms with van der Waals surface area (Å²) in [5.74, 6) is -0.613. The topological polar surface area (TPSA) is 70.7 Å². The molecule has 0 fully saturated rings. The first-order chi connectivity index (χ1) is 13.0. The van der Waals surface area contributed by atoms with E-state index in [0.717, 1.165) is 27.5 Å². The van der Waals surface area contributed by atoms with Gasteiger partial charge in [-0.25, -0.2) is 14.4 Å². The van der Waals surface area contributed by atoms with E-state index in [9.17, 15) is 9.18 Å². The number of anilines is 1. The van der Waals surface area contributed by atoms with Gasteiger partial charge in [-0.3, -0.25) is 4.79 Å². The third-order valence-corrected chi connectivity index (χ3v) is 5.32. The fraction of sp³-hybridized carbons (Fsp3) is 0.105. The minimum atomic E-state index is -0.526. The summed E-state index contributed by atoms with van der Waals surface area (Å²) in [5.41, 5.74) is 4.20. The number of rotatable bonds is 4. The van der Waals surface area contributed by atoms with Crippen molar-refractivity contribution in [3.8, 4) is 0 Å². The number of hydrogen-bond donors (Lipinski definition) is 2. The molecule has 27 heavy (non-hydrogen) atoms. The highest BCUT2D eigenvalue weighted by molar-refractivity contribution is 8.00. The molecule has 1 amide bonds. The number of carbonyl (C=O) groups is 1. The van der Waals surface area contributed by atoms with Crippen molar-refractivity contribution in [2.45, 2.75) is 11.9 Å². The number of benzene rings is 2. The molecule has 0 bridgehead atoms. The van der Waals surface area contributed by atoms with E-state index in [0.29, 0.717) is 10.7 Å². The van der Waals surface area contributed by atoms with Crippen LogP contribution in [0.15, 0.2) is 47.8 Å². The Morgan fingerprint density at radius 3 is 2.93 bits per heavy atom. The average Bonchev–Trinajstić information content (AvgIpc) is 3.01. The monoisotopic (exact) mass is 400 g/mol. The third kappa shape index (κ3) is 3.61. The molecule has 0 saturated carbocycles. The van der Waals surface area contributed by atoms with Crippen LogP contribution in [-0.4, -0.2) is 26.6 Å². The van der Waals surface area contributed by atoms with E-state index in [2.05, 4.69) is 26.3 Å². The SMILES string of the molecule is Cc1ccc2[nH]c3c(SCC(=O)Nc4ccc(F)c(Cl)c4)ncnc3c2c1. The van der Waals surface area contributed by atoms with Gasteiger partial charge in [0, 0.05) is 16.6 Å². The number of carbonyl (C=O) groups excluding carboxylic acids is 1. The lowest BCUT2D eigenvalue weighted by Gasteiger charge is -2.06. The van der Waals surface area contributed by atoms with Gasteiger partial charge in [0.1, 0.15) is 22.7 Å². The Morgan fingerprint density at radius 2 is 2.11 bits per heavy atom. The molecular formula is C19H14ClFN4OS. The van der Waals surface area contributed by atoms with E-state index in [1.165, 1.54) is 36.3 Å². The zero-order valence-electron chi connectivity index (χ0n) is 14.2. The molecule has 0 unspecified atom stereocenters. The van der Waals surface area contributed by atoms with Gasteiger partial charge >= 0.3 is 0 Å². The van der Waals surface area contributed by atoms with Gasteiger partial charge in [0.2, 0.25) is 5.91 Å². The van der Waals surface area contributed by atoms with Gasteiger partial charge in [0.25, 0.3) is 0 Å². The summed E-state index contributed by atoms with van der Waals surface area (Å²) in [5, 5.41) is 4.38. The normalized spacial score (nSPS) is 11.2. The lowest BCUT2D eigenvalue weighted by molar-refractivity contribution is -0.113. The number of fused-ring (bicyclic) bond motifs is 3. The second-order valence-electron chi connectivity index (χ2n) is 6.04. The van der Waals surface area contributed by atoms with Gasteiger partial charge < -0.3 is 10.3 Å². The molecule has 0 aliphatic rings. The van der Waals surface area contributed by atoms with Gasteiger partial charge in [-0.1, -0.05) is 35.0 Å². The predicted octanol–water partition coefficient (Wildman–Crippen LogP) is 4.94. The van der Waals surface area contributed by atoms with Crippen LogP contribution in [-0.2, 0) is 4.79 Å².